The monoisotopic (exact) mass is 202 g/mol. The summed E-state index contributed by atoms with van der Waals surface area (Å²) in [5.41, 5.74) is 0. The van der Waals surface area contributed by atoms with Crippen molar-refractivity contribution < 1.29 is 14.3 Å². The van der Waals surface area contributed by atoms with Crippen molar-refractivity contribution >= 4 is 16.9 Å². The average Bonchev–Trinajstić information content (AvgIpc) is 2.17. The first-order valence-corrected chi connectivity index (χ1v) is 5.42. The third-order valence-corrected chi connectivity index (χ3v) is 4.31. The molecule has 3 rings (SSSR count). The van der Waals surface area contributed by atoms with E-state index in [4.69, 9.17) is 9.47 Å². The lowest BCUT2D eigenvalue weighted by Gasteiger charge is -2.44. The Balaban J connectivity index is 2.19. The highest BCUT2D eigenvalue weighted by Gasteiger charge is 2.49. The van der Waals surface area contributed by atoms with Crippen LogP contribution < -0.4 is 0 Å². The number of hydrogen-bond donors (Lipinski definition) is 0. The highest BCUT2D eigenvalue weighted by atomic mass is 32.2. The van der Waals surface area contributed by atoms with Gasteiger partial charge >= 0.3 is 0 Å². The summed E-state index contributed by atoms with van der Waals surface area (Å²) in [7, 11) is 3.36. The van der Waals surface area contributed by atoms with Crippen LogP contribution in [0.5, 0.6) is 0 Å². The molecule has 2 bridgehead atoms. The van der Waals surface area contributed by atoms with E-state index in [-0.39, 0.29) is 23.2 Å². The lowest BCUT2D eigenvalue weighted by molar-refractivity contribution is -0.133. The molecule has 4 unspecified atom stereocenters. The van der Waals surface area contributed by atoms with Gasteiger partial charge in [0.25, 0.3) is 0 Å². The van der Waals surface area contributed by atoms with Crippen molar-refractivity contribution in [2.75, 3.05) is 14.2 Å². The molecule has 1 aliphatic carbocycles. The number of rotatable bonds is 2. The zero-order valence-corrected chi connectivity index (χ0v) is 8.67. The Kier molecular flexibility index (Phi) is 2.62. The zero-order valence-electron chi connectivity index (χ0n) is 7.86. The van der Waals surface area contributed by atoms with Crippen molar-refractivity contribution in [1.82, 2.24) is 0 Å². The second kappa shape index (κ2) is 3.59. The fraction of sp³-hybridized carbons (Fsp3) is 0.889. The van der Waals surface area contributed by atoms with E-state index in [2.05, 4.69) is 0 Å². The molecule has 0 radical (unpaired) electrons. The second-order valence-electron chi connectivity index (χ2n) is 3.56. The number of hydrogen-bond acceptors (Lipinski definition) is 4. The standard InChI is InChI=1S/C9H14O3S/c1-11-7-5-3-4-6(8(7)12-2)13-9(5)10/h5-8H,3-4H2,1-2H3. The minimum absolute atomic E-state index is 0.0162. The van der Waals surface area contributed by atoms with E-state index in [1.165, 1.54) is 11.8 Å². The molecule has 2 saturated heterocycles. The summed E-state index contributed by atoms with van der Waals surface area (Å²) in [5.74, 6) is 0.0601. The molecule has 0 spiro atoms. The van der Waals surface area contributed by atoms with Gasteiger partial charge in [-0.05, 0) is 12.8 Å². The number of carbonyl (C=O) groups excluding carboxylic acids is 1. The van der Waals surface area contributed by atoms with Gasteiger partial charge in [0.05, 0.1) is 18.1 Å². The quantitative estimate of drug-likeness (QED) is 0.671. The summed E-state index contributed by atoms with van der Waals surface area (Å²) in [6.45, 7) is 0. The van der Waals surface area contributed by atoms with Gasteiger partial charge in [0.15, 0.2) is 5.12 Å². The average molecular weight is 202 g/mol. The first kappa shape index (κ1) is 9.49. The Labute approximate surface area is 82.2 Å². The van der Waals surface area contributed by atoms with E-state index in [9.17, 15) is 4.79 Å². The molecule has 74 valence electrons. The van der Waals surface area contributed by atoms with Gasteiger partial charge in [-0.2, -0.15) is 0 Å². The first-order chi connectivity index (χ1) is 6.27. The molecule has 4 atom stereocenters. The molecular weight excluding hydrogens is 188 g/mol. The van der Waals surface area contributed by atoms with Crippen LogP contribution >= 0.6 is 11.8 Å². The van der Waals surface area contributed by atoms with Gasteiger partial charge < -0.3 is 9.47 Å². The molecule has 0 amide bonds. The van der Waals surface area contributed by atoms with Gasteiger partial charge in [-0.25, -0.2) is 0 Å². The van der Waals surface area contributed by atoms with Gasteiger partial charge in [-0.3, -0.25) is 4.79 Å². The predicted molar refractivity (Wildman–Crippen MR) is 50.7 cm³/mol. The number of carbonyl (C=O) groups is 1. The maximum Gasteiger partial charge on any atom is 0.195 e. The predicted octanol–water partition coefficient (Wildman–Crippen LogP) is 1.07. The zero-order chi connectivity index (χ0) is 9.42. The minimum atomic E-state index is -0.0162. The topological polar surface area (TPSA) is 35.5 Å². The van der Waals surface area contributed by atoms with Crippen molar-refractivity contribution in [1.29, 1.82) is 0 Å². The molecule has 4 heteroatoms. The van der Waals surface area contributed by atoms with Crippen molar-refractivity contribution in [3.05, 3.63) is 0 Å². The molecule has 0 aromatic carbocycles. The second-order valence-corrected chi connectivity index (χ2v) is 4.80. The Morgan fingerprint density at radius 3 is 2.46 bits per heavy atom. The molecule has 0 aromatic rings. The Bertz CT molecular complexity index is 219. The van der Waals surface area contributed by atoms with E-state index in [1.807, 2.05) is 0 Å². The van der Waals surface area contributed by atoms with Gasteiger partial charge in [-0.1, -0.05) is 11.8 Å². The first-order valence-electron chi connectivity index (χ1n) is 4.54. The number of thioether (sulfide) groups is 1. The van der Waals surface area contributed by atoms with Crippen LogP contribution in [-0.4, -0.2) is 36.8 Å². The number of fused-ring (bicyclic) bond motifs is 3. The smallest absolute Gasteiger partial charge is 0.195 e. The van der Waals surface area contributed by atoms with Crippen molar-refractivity contribution in [2.45, 2.75) is 30.3 Å². The number of methoxy groups -OCH3 is 2. The van der Waals surface area contributed by atoms with Crippen LogP contribution in [0.25, 0.3) is 0 Å². The van der Waals surface area contributed by atoms with Gasteiger partial charge in [0.2, 0.25) is 0 Å². The number of ether oxygens (including phenoxy) is 2. The van der Waals surface area contributed by atoms with Crippen molar-refractivity contribution in [3.63, 3.8) is 0 Å². The van der Waals surface area contributed by atoms with E-state index in [1.54, 1.807) is 14.2 Å². The lowest BCUT2D eigenvalue weighted by atomic mass is 9.84. The van der Waals surface area contributed by atoms with E-state index < -0.39 is 0 Å². The summed E-state index contributed by atoms with van der Waals surface area (Å²) in [6.07, 6.45) is 2.14. The molecule has 2 heterocycles. The van der Waals surface area contributed by atoms with Crippen LogP contribution in [0.1, 0.15) is 12.8 Å². The normalized spacial score (nSPS) is 44.0. The van der Waals surface area contributed by atoms with Crippen LogP contribution in [0.4, 0.5) is 0 Å². The molecule has 3 aliphatic rings. The summed E-state index contributed by atoms with van der Waals surface area (Å²) >= 11 is 1.44. The van der Waals surface area contributed by atoms with Crippen molar-refractivity contribution in [2.24, 2.45) is 5.92 Å². The summed E-state index contributed by atoms with van der Waals surface area (Å²) < 4.78 is 10.7. The third-order valence-electron chi connectivity index (χ3n) is 2.96. The SMILES string of the molecule is COC1C2CCC(C(=O)S2)C1OC. The molecule has 3 nitrogen and oxygen atoms in total. The molecule has 2 aliphatic heterocycles. The van der Waals surface area contributed by atoms with Crippen molar-refractivity contribution in [3.8, 4) is 0 Å². The van der Waals surface area contributed by atoms with E-state index >= 15 is 0 Å². The molecule has 13 heavy (non-hydrogen) atoms. The van der Waals surface area contributed by atoms with Gasteiger partial charge in [0, 0.05) is 19.5 Å². The maximum atomic E-state index is 11.5. The Morgan fingerprint density at radius 2 is 1.92 bits per heavy atom. The van der Waals surface area contributed by atoms with Crippen LogP contribution in [0, 0.1) is 5.92 Å². The van der Waals surface area contributed by atoms with E-state index in [0.29, 0.717) is 5.25 Å². The Morgan fingerprint density at radius 1 is 1.23 bits per heavy atom. The lowest BCUT2D eigenvalue weighted by Crippen LogP contribution is -2.54. The summed E-state index contributed by atoms with van der Waals surface area (Å²) in [6, 6.07) is 0. The van der Waals surface area contributed by atoms with E-state index in [0.717, 1.165) is 12.8 Å². The van der Waals surface area contributed by atoms with Gasteiger partial charge in [-0.15, -0.1) is 0 Å². The third kappa shape index (κ3) is 1.41. The molecule has 0 aromatic heterocycles. The molecule has 0 N–H and O–H groups in total. The largest absolute Gasteiger partial charge is 0.378 e. The summed E-state index contributed by atoms with van der Waals surface area (Å²) in [4.78, 5) is 11.5. The highest BCUT2D eigenvalue weighted by Crippen LogP contribution is 2.44. The Hall–Kier alpha value is -0.0600. The maximum absolute atomic E-state index is 11.5. The fourth-order valence-corrected chi connectivity index (χ4v) is 3.69. The van der Waals surface area contributed by atoms with Gasteiger partial charge in [0.1, 0.15) is 0 Å². The molecular formula is C9H14O3S. The van der Waals surface area contributed by atoms with Crippen LogP contribution in [0.2, 0.25) is 0 Å². The van der Waals surface area contributed by atoms with Crippen LogP contribution in [0.15, 0.2) is 0 Å². The fourth-order valence-electron chi connectivity index (χ4n) is 2.31. The van der Waals surface area contributed by atoms with Crippen LogP contribution in [-0.2, 0) is 14.3 Å². The van der Waals surface area contributed by atoms with Crippen LogP contribution in [0.3, 0.4) is 0 Å². The molecule has 3 fully saturated rings. The highest BCUT2D eigenvalue weighted by molar-refractivity contribution is 8.14. The minimum Gasteiger partial charge on any atom is -0.378 e. The summed E-state index contributed by atoms with van der Waals surface area (Å²) in [5, 5.41) is 0.601. The molecule has 1 saturated carbocycles.